The van der Waals surface area contributed by atoms with Gasteiger partial charge in [-0.15, -0.1) is 0 Å². The van der Waals surface area contributed by atoms with Gasteiger partial charge in [0, 0.05) is 6.42 Å². The summed E-state index contributed by atoms with van der Waals surface area (Å²) in [5, 5.41) is 44.2. The van der Waals surface area contributed by atoms with Gasteiger partial charge in [0.05, 0.1) is 12.2 Å². The number of hydrogen-bond donors (Lipinski definition) is 8. The van der Waals surface area contributed by atoms with Crippen LogP contribution in [0, 0.1) is 0 Å². The summed E-state index contributed by atoms with van der Waals surface area (Å²) >= 11 is 0. The van der Waals surface area contributed by atoms with E-state index in [9.17, 15) is 34.5 Å². The molecule has 0 aliphatic carbocycles. The van der Waals surface area contributed by atoms with E-state index in [-0.39, 0.29) is 12.2 Å². The van der Waals surface area contributed by atoms with E-state index in [0.29, 0.717) is 5.56 Å². The van der Waals surface area contributed by atoms with Crippen molar-refractivity contribution in [2.45, 2.75) is 50.6 Å². The van der Waals surface area contributed by atoms with Crippen molar-refractivity contribution < 1.29 is 39.6 Å². The minimum absolute atomic E-state index is 0.00834. The van der Waals surface area contributed by atoms with E-state index in [4.69, 9.17) is 10.8 Å². The number of hydrogen-bond acceptors (Lipinski definition) is 8. The number of carbonyl (C=O) groups is 4. The molecular formula is C19H28N4O8. The fourth-order valence-electron chi connectivity index (χ4n) is 2.50. The number of benzene rings is 1. The summed E-state index contributed by atoms with van der Waals surface area (Å²) in [6.07, 6.45) is -2.64. The Bertz CT molecular complexity index is 782. The van der Waals surface area contributed by atoms with Crippen LogP contribution in [0.25, 0.3) is 0 Å². The summed E-state index contributed by atoms with van der Waals surface area (Å²) in [7, 11) is 0. The van der Waals surface area contributed by atoms with Crippen LogP contribution in [0.1, 0.15) is 19.4 Å². The van der Waals surface area contributed by atoms with Crippen LogP contribution in [-0.2, 0) is 25.6 Å². The van der Waals surface area contributed by atoms with Crippen LogP contribution >= 0.6 is 0 Å². The third-order valence-corrected chi connectivity index (χ3v) is 4.31. The molecule has 0 saturated carbocycles. The van der Waals surface area contributed by atoms with Crippen LogP contribution < -0.4 is 21.7 Å². The first kappa shape index (κ1) is 25.8. The number of carboxylic acid groups (broad SMARTS) is 1. The number of phenolic OH excluding ortho intramolecular Hbond substituents is 1. The third kappa shape index (κ3) is 8.58. The Morgan fingerprint density at radius 3 is 2.00 bits per heavy atom. The van der Waals surface area contributed by atoms with Gasteiger partial charge in [-0.3, -0.25) is 19.2 Å². The number of carboxylic acids is 1. The van der Waals surface area contributed by atoms with Crippen molar-refractivity contribution in [3.05, 3.63) is 29.8 Å². The van der Waals surface area contributed by atoms with Gasteiger partial charge in [-0.25, -0.2) is 0 Å². The van der Waals surface area contributed by atoms with Crippen LogP contribution in [0.5, 0.6) is 5.75 Å². The molecule has 1 rings (SSSR count). The van der Waals surface area contributed by atoms with Crippen molar-refractivity contribution in [1.82, 2.24) is 16.0 Å². The third-order valence-electron chi connectivity index (χ3n) is 4.31. The first-order valence-corrected chi connectivity index (χ1v) is 9.42. The highest BCUT2D eigenvalue weighted by Crippen LogP contribution is 2.12. The molecule has 172 valence electrons. The maximum atomic E-state index is 12.7. The molecule has 12 nitrogen and oxygen atoms in total. The molecule has 0 radical (unpaired) electrons. The minimum Gasteiger partial charge on any atom is -0.508 e. The lowest BCUT2D eigenvalue weighted by atomic mass is 10.0. The highest BCUT2D eigenvalue weighted by Gasteiger charge is 2.32. The number of carbonyl (C=O) groups excluding carboxylic acids is 3. The number of aromatic hydroxyl groups is 1. The largest absolute Gasteiger partial charge is 0.508 e. The van der Waals surface area contributed by atoms with Gasteiger partial charge >= 0.3 is 5.97 Å². The fraction of sp³-hybridized carbons (Fsp3) is 0.474. The van der Waals surface area contributed by atoms with Crippen LogP contribution in [-0.4, -0.2) is 81.0 Å². The molecule has 3 amide bonds. The fourth-order valence-corrected chi connectivity index (χ4v) is 2.50. The average Bonchev–Trinajstić information content (AvgIpc) is 2.69. The molecule has 12 heteroatoms. The van der Waals surface area contributed by atoms with Gasteiger partial charge in [-0.1, -0.05) is 12.1 Å². The summed E-state index contributed by atoms with van der Waals surface area (Å²) < 4.78 is 0. The Morgan fingerprint density at radius 1 is 0.935 bits per heavy atom. The van der Waals surface area contributed by atoms with Crippen LogP contribution in [0.3, 0.4) is 0 Å². The minimum atomic E-state index is -1.49. The second-order valence-electron chi connectivity index (χ2n) is 7.04. The van der Waals surface area contributed by atoms with Gasteiger partial charge < -0.3 is 42.1 Å². The molecular weight excluding hydrogens is 412 g/mol. The number of rotatable bonds is 11. The maximum absolute atomic E-state index is 12.7. The molecule has 1 aromatic carbocycles. The summed E-state index contributed by atoms with van der Waals surface area (Å²) in [6, 6.07) is 1.68. The van der Waals surface area contributed by atoms with E-state index in [2.05, 4.69) is 16.0 Å². The Hall–Kier alpha value is -3.22. The van der Waals surface area contributed by atoms with Gasteiger partial charge in [-0.05, 0) is 31.5 Å². The van der Waals surface area contributed by atoms with E-state index in [1.807, 2.05) is 0 Å². The zero-order chi connectivity index (χ0) is 23.7. The summed E-state index contributed by atoms with van der Waals surface area (Å²) in [4.78, 5) is 47.9. The van der Waals surface area contributed by atoms with Crippen molar-refractivity contribution in [2.24, 2.45) is 5.73 Å². The molecule has 0 aliphatic heterocycles. The Balaban J connectivity index is 3.00. The molecule has 31 heavy (non-hydrogen) atoms. The Morgan fingerprint density at radius 2 is 1.52 bits per heavy atom. The first-order valence-electron chi connectivity index (χ1n) is 9.42. The van der Waals surface area contributed by atoms with Crippen LogP contribution in [0.4, 0.5) is 0 Å². The van der Waals surface area contributed by atoms with Crippen LogP contribution in [0.15, 0.2) is 24.3 Å². The van der Waals surface area contributed by atoms with Gasteiger partial charge in [0.2, 0.25) is 17.7 Å². The van der Waals surface area contributed by atoms with E-state index >= 15 is 0 Å². The van der Waals surface area contributed by atoms with Crippen LogP contribution in [0.2, 0.25) is 0 Å². The van der Waals surface area contributed by atoms with Crippen molar-refractivity contribution in [3.8, 4) is 5.75 Å². The molecule has 1 aromatic rings. The second kappa shape index (κ2) is 11.8. The molecule has 0 spiro atoms. The van der Waals surface area contributed by atoms with Crippen molar-refractivity contribution >= 4 is 23.7 Å². The zero-order valence-corrected chi connectivity index (χ0v) is 17.1. The molecule has 5 unspecified atom stereocenters. The smallest absolute Gasteiger partial charge is 0.322 e. The van der Waals surface area contributed by atoms with E-state index in [0.717, 1.165) is 0 Å². The number of aliphatic hydroxyl groups excluding tert-OH is 2. The molecule has 0 bridgehead atoms. The number of phenols is 1. The van der Waals surface area contributed by atoms with Crippen molar-refractivity contribution in [3.63, 3.8) is 0 Å². The number of aliphatic hydroxyl groups is 2. The molecule has 0 aromatic heterocycles. The monoisotopic (exact) mass is 440 g/mol. The van der Waals surface area contributed by atoms with Gasteiger partial charge in [0.1, 0.15) is 30.4 Å². The second-order valence-corrected chi connectivity index (χ2v) is 7.04. The molecule has 0 aliphatic rings. The summed E-state index contributed by atoms with van der Waals surface area (Å²) in [5.74, 6) is -3.91. The van der Waals surface area contributed by atoms with Gasteiger partial charge in [0.25, 0.3) is 0 Å². The van der Waals surface area contributed by atoms with E-state index in [1.165, 1.54) is 38.1 Å². The molecule has 0 fully saturated rings. The van der Waals surface area contributed by atoms with E-state index < -0.39 is 60.6 Å². The SMILES string of the molecule is CC(O)C(N)C(=O)NC(C(=O)NC(Cc1ccc(O)cc1)C(=O)NCC(=O)O)C(C)O. The van der Waals surface area contributed by atoms with Crippen molar-refractivity contribution in [1.29, 1.82) is 0 Å². The normalized spacial score (nSPS) is 15.6. The number of aliphatic carboxylic acids is 1. The highest BCUT2D eigenvalue weighted by atomic mass is 16.4. The van der Waals surface area contributed by atoms with Gasteiger partial charge in [-0.2, -0.15) is 0 Å². The molecule has 0 saturated heterocycles. The summed E-state index contributed by atoms with van der Waals surface area (Å²) in [6.45, 7) is 1.83. The molecule has 9 N–H and O–H groups in total. The lowest BCUT2D eigenvalue weighted by Gasteiger charge is -2.26. The lowest BCUT2D eigenvalue weighted by Crippen LogP contribution is -2.60. The predicted octanol–water partition coefficient (Wildman–Crippen LogP) is -2.81. The number of amides is 3. The predicted molar refractivity (Wildman–Crippen MR) is 108 cm³/mol. The average molecular weight is 440 g/mol. The summed E-state index contributed by atoms with van der Waals surface area (Å²) in [5.41, 5.74) is 6.07. The topological polar surface area (TPSA) is 211 Å². The zero-order valence-electron chi connectivity index (χ0n) is 17.1. The standard InChI is InChI=1S/C19H28N4O8/c1-9(24)15(20)18(30)23-16(10(2)25)19(31)22-13(17(29)21-8-14(27)28)7-11-3-5-12(26)6-4-11/h3-6,9-10,13,15-16,24-26H,7-8,20H2,1-2H3,(H,21,29)(H,22,31)(H,23,30)(H,27,28). The molecule has 0 heterocycles. The van der Waals surface area contributed by atoms with Crippen molar-refractivity contribution in [2.75, 3.05) is 6.54 Å². The highest BCUT2D eigenvalue weighted by molar-refractivity contribution is 5.94. The number of nitrogens with one attached hydrogen (secondary N) is 3. The lowest BCUT2D eigenvalue weighted by molar-refractivity contribution is -0.139. The quantitative estimate of drug-likeness (QED) is 0.178. The Labute approximate surface area is 178 Å². The first-order chi connectivity index (χ1) is 14.4. The molecule has 5 atom stereocenters. The Kier molecular flexibility index (Phi) is 9.86. The number of nitrogens with two attached hydrogens (primary N) is 1. The van der Waals surface area contributed by atoms with E-state index in [1.54, 1.807) is 0 Å². The van der Waals surface area contributed by atoms with Gasteiger partial charge in [0.15, 0.2) is 0 Å². The maximum Gasteiger partial charge on any atom is 0.322 e.